The van der Waals surface area contributed by atoms with Gasteiger partial charge in [-0.05, 0) is 44.9 Å². The lowest BCUT2D eigenvalue weighted by molar-refractivity contribution is -0.141. The summed E-state index contributed by atoms with van der Waals surface area (Å²) in [7, 11) is 0. The third-order valence-electron chi connectivity index (χ3n) is 4.81. The molecule has 3 atom stereocenters. The van der Waals surface area contributed by atoms with Crippen molar-refractivity contribution >= 4 is 36.1 Å². The van der Waals surface area contributed by atoms with Crippen LogP contribution in [-0.4, -0.2) is 66.3 Å². The number of halogens is 1. The van der Waals surface area contributed by atoms with Gasteiger partial charge in [-0.25, -0.2) is 0 Å². The highest BCUT2D eigenvalue weighted by atomic mass is 35.5. The number of hydrogen-bond acceptors (Lipinski definition) is 5. The quantitative estimate of drug-likeness (QED) is 0.161. The molecule has 1 fully saturated rings. The van der Waals surface area contributed by atoms with Crippen LogP contribution in [-0.2, 0) is 14.4 Å². The fourth-order valence-electron chi connectivity index (χ4n) is 3.45. The molecule has 0 aromatic rings. The molecule has 0 bridgehead atoms. The van der Waals surface area contributed by atoms with Crippen molar-refractivity contribution in [1.82, 2.24) is 15.5 Å². The summed E-state index contributed by atoms with van der Waals surface area (Å²) in [6.07, 6.45) is 2.74. The van der Waals surface area contributed by atoms with Crippen LogP contribution in [0.1, 0.15) is 52.9 Å². The van der Waals surface area contributed by atoms with E-state index < -0.39 is 18.1 Å². The van der Waals surface area contributed by atoms with Crippen LogP contribution < -0.4 is 27.8 Å². The molecule has 10 nitrogen and oxygen atoms in total. The number of carbonyl (C=O) groups is 3. The van der Waals surface area contributed by atoms with Crippen molar-refractivity contribution in [3.05, 3.63) is 0 Å². The second kappa shape index (κ2) is 14.0. The van der Waals surface area contributed by atoms with Gasteiger partial charge in [0.25, 0.3) is 0 Å². The summed E-state index contributed by atoms with van der Waals surface area (Å²) in [4.78, 5) is 43.5. The maximum atomic E-state index is 13.2. The van der Waals surface area contributed by atoms with E-state index in [1.807, 2.05) is 20.8 Å². The minimum absolute atomic E-state index is 0. The fraction of sp³-hybridized carbons (Fsp3) is 0.789. The van der Waals surface area contributed by atoms with E-state index >= 15 is 0 Å². The molecule has 0 aromatic heterocycles. The normalized spacial score (nSPS) is 17.6. The zero-order valence-corrected chi connectivity index (χ0v) is 19.0. The molecule has 1 aliphatic heterocycles. The SMILES string of the molecule is CCNC(=O)[C@@H]1CCCN1C(=O)[C@H](CCCN=C(N)N)NC(=O)C(N)CC(C)C.Cl. The van der Waals surface area contributed by atoms with E-state index in [1.54, 1.807) is 4.90 Å². The lowest BCUT2D eigenvalue weighted by Crippen LogP contribution is -2.55. The molecule has 11 heteroatoms. The summed E-state index contributed by atoms with van der Waals surface area (Å²) in [5, 5.41) is 5.55. The van der Waals surface area contributed by atoms with Gasteiger partial charge in [-0.1, -0.05) is 13.8 Å². The number of likely N-dealkylation sites (tertiary alicyclic amines) is 1. The first-order valence-electron chi connectivity index (χ1n) is 10.4. The van der Waals surface area contributed by atoms with Crippen LogP contribution in [0, 0.1) is 5.92 Å². The molecule has 0 spiro atoms. The van der Waals surface area contributed by atoms with Crippen LogP contribution in [0.5, 0.6) is 0 Å². The highest BCUT2D eigenvalue weighted by molar-refractivity contribution is 5.93. The topological polar surface area (TPSA) is 169 Å². The molecule has 1 rings (SSSR count). The monoisotopic (exact) mass is 447 g/mol. The first-order valence-corrected chi connectivity index (χ1v) is 10.4. The van der Waals surface area contributed by atoms with Gasteiger partial charge in [-0.15, -0.1) is 12.4 Å². The largest absolute Gasteiger partial charge is 0.370 e. The van der Waals surface area contributed by atoms with Gasteiger partial charge in [0.15, 0.2) is 5.96 Å². The van der Waals surface area contributed by atoms with E-state index in [-0.39, 0.29) is 42.0 Å². The molecule has 1 heterocycles. The molecule has 174 valence electrons. The Bertz CT molecular complexity index is 597. The Morgan fingerprint density at radius 3 is 2.47 bits per heavy atom. The molecule has 1 saturated heterocycles. The molecular weight excluding hydrogens is 410 g/mol. The number of nitrogens with one attached hydrogen (secondary N) is 2. The van der Waals surface area contributed by atoms with Crippen LogP contribution in [0.15, 0.2) is 4.99 Å². The third-order valence-corrected chi connectivity index (χ3v) is 4.81. The molecule has 3 amide bonds. The van der Waals surface area contributed by atoms with E-state index in [1.165, 1.54) is 0 Å². The van der Waals surface area contributed by atoms with Crippen molar-refractivity contribution in [1.29, 1.82) is 0 Å². The standard InChI is InChI=1S/C19H37N7O3.ClH/c1-4-23-17(28)15-8-6-10-26(15)18(29)14(7-5-9-24-19(21)22)25-16(27)13(20)11-12(2)3;/h12-15H,4-11,20H2,1-3H3,(H,23,28)(H,25,27)(H4,21,22,24);1H/t13?,14-,15-;/m0./s1. The maximum absolute atomic E-state index is 13.2. The highest BCUT2D eigenvalue weighted by Gasteiger charge is 2.37. The van der Waals surface area contributed by atoms with E-state index in [9.17, 15) is 14.4 Å². The van der Waals surface area contributed by atoms with E-state index in [2.05, 4.69) is 15.6 Å². The maximum Gasteiger partial charge on any atom is 0.245 e. The lowest BCUT2D eigenvalue weighted by atomic mass is 10.0. The predicted molar refractivity (Wildman–Crippen MR) is 120 cm³/mol. The van der Waals surface area contributed by atoms with Crippen molar-refractivity contribution in [2.45, 2.75) is 71.0 Å². The lowest BCUT2D eigenvalue weighted by Gasteiger charge is -2.29. The van der Waals surface area contributed by atoms with Crippen LogP contribution >= 0.6 is 12.4 Å². The van der Waals surface area contributed by atoms with Gasteiger partial charge in [0.2, 0.25) is 17.7 Å². The summed E-state index contributed by atoms with van der Waals surface area (Å²) < 4.78 is 0. The van der Waals surface area contributed by atoms with Gasteiger partial charge in [0.05, 0.1) is 6.04 Å². The molecule has 1 aliphatic rings. The number of nitrogens with zero attached hydrogens (tertiary/aromatic N) is 2. The Kier molecular flexibility index (Phi) is 13.1. The zero-order valence-electron chi connectivity index (χ0n) is 18.2. The number of likely N-dealkylation sites (N-methyl/N-ethyl adjacent to an activating group) is 1. The third kappa shape index (κ3) is 9.17. The predicted octanol–water partition coefficient (Wildman–Crippen LogP) is -0.553. The van der Waals surface area contributed by atoms with Gasteiger partial charge in [0.1, 0.15) is 12.1 Å². The number of hydrogen-bond donors (Lipinski definition) is 5. The van der Waals surface area contributed by atoms with Gasteiger partial charge in [-0.3, -0.25) is 19.4 Å². The summed E-state index contributed by atoms with van der Waals surface area (Å²) in [5.74, 6) is -0.569. The average molecular weight is 448 g/mol. The Balaban J connectivity index is 0.00000841. The molecule has 8 N–H and O–H groups in total. The first kappa shape index (κ1) is 27.9. The van der Waals surface area contributed by atoms with Crippen molar-refractivity contribution in [3.63, 3.8) is 0 Å². The van der Waals surface area contributed by atoms with Gasteiger partial charge in [0, 0.05) is 19.6 Å². The van der Waals surface area contributed by atoms with Crippen LogP contribution in [0.25, 0.3) is 0 Å². The van der Waals surface area contributed by atoms with Crippen molar-refractivity contribution in [2.75, 3.05) is 19.6 Å². The number of guanidine groups is 1. The average Bonchev–Trinajstić information content (AvgIpc) is 3.12. The Morgan fingerprint density at radius 2 is 1.90 bits per heavy atom. The van der Waals surface area contributed by atoms with E-state index in [0.29, 0.717) is 45.3 Å². The van der Waals surface area contributed by atoms with Crippen LogP contribution in [0.4, 0.5) is 0 Å². The molecule has 0 aliphatic carbocycles. The number of amides is 3. The molecule has 0 radical (unpaired) electrons. The molecular formula is C19H38ClN7O3. The van der Waals surface area contributed by atoms with E-state index in [4.69, 9.17) is 17.2 Å². The Hall–Kier alpha value is -2.07. The Labute approximate surface area is 185 Å². The van der Waals surface area contributed by atoms with Crippen molar-refractivity contribution < 1.29 is 14.4 Å². The summed E-state index contributed by atoms with van der Waals surface area (Å²) in [5.41, 5.74) is 16.6. The number of nitrogens with two attached hydrogens (primary N) is 3. The van der Waals surface area contributed by atoms with Gasteiger partial charge < -0.3 is 32.7 Å². The highest BCUT2D eigenvalue weighted by Crippen LogP contribution is 2.20. The fourth-order valence-corrected chi connectivity index (χ4v) is 3.45. The summed E-state index contributed by atoms with van der Waals surface area (Å²) in [6, 6.07) is -1.98. The second-order valence-corrected chi connectivity index (χ2v) is 7.83. The molecule has 30 heavy (non-hydrogen) atoms. The molecule has 0 saturated carbocycles. The van der Waals surface area contributed by atoms with Crippen molar-refractivity contribution in [3.8, 4) is 0 Å². The van der Waals surface area contributed by atoms with Crippen LogP contribution in [0.2, 0.25) is 0 Å². The first-order chi connectivity index (χ1) is 13.7. The zero-order chi connectivity index (χ0) is 22.0. The smallest absolute Gasteiger partial charge is 0.245 e. The van der Waals surface area contributed by atoms with Crippen LogP contribution in [0.3, 0.4) is 0 Å². The summed E-state index contributed by atoms with van der Waals surface area (Å²) >= 11 is 0. The summed E-state index contributed by atoms with van der Waals surface area (Å²) in [6.45, 7) is 7.12. The number of carbonyl (C=O) groups excluding carboxylic acids is 3. The van der Waals surface area contributed by atoms with Crippen molar-refractivity contribution in [2.24, 2.45) is 28.1 Å². The van der Waals surface area contributed by atoms with Gasteiger partial charge in [-0.2, -0.15) is 0 Å². The number of rotatable bonds is 11. The van der Waals surface area contributed by atoms with E-state index in [0.717, 1.165) is 6.42 Å². The number of aliphatic imine (C=N–C) groups is 1. The Morgan fingerprint density at radius 1 is 1.23 bits per heavy atom. The second-order valence-electron chi connectivity index (χ2n) is 7.83. The minimum atomic E-state index is -0.773. The van der Waals surface area contributed by atoms with Gasteiger partial charge >= 0.3 is 0 Å². The molecule has 1 unspecified atom stereocenters. The minimum Gasteiger partial charge on any atom is -0.370 e. The molecule has 0 aromatic carbocycles.